The molecule has 2 aliphatic carbocycles. The van der Waals surface area contributed by atoms with Crippen molar-refractivity contribution in [3.05, 3.63) is 12.2 Å². The van der Waals surface area contributed by atoms with Gasteiger partial charge in [0.2, 0.25) is 0 Å². The first kappa shape index (κ1) is 21.0. The Kier molecular flexibility index (Phi) is 6.57. The summed E-state index contributed by atoms with van der Waals surface area (Å²) in [6.07, 6.45) is 7.80. The SMILES string of the molecule is C=C1CC[C@@H]2[C@](C)(CCC[C@]2(C)C(=O)O)[C@H]1CC[C@@H](C)CCOC(C)=O. The van der Waals surface area contributed by atoms with Crippen LogP contribution in [-0.4, -0.2) is 23.7 Å². The lowest BCUT2D eigenvalue weighted by Gasteiger charge is -2.57. The molecule has 0 spiro atoms. The molecule has 2 rings (SSSR count). The molecule has 4 heteroatoms. The van der Waals surface area contributed by atoms with E-state index in [-0.39, 0.29) is 17.3 Å². The number of allylic oxidation sites excluding steroid dienone is 1. The number of hydrogen-bond acceptors (Lipinski definition) is 3. The minimum Gasteiger partial charge on any atom is -0.481 e. The number of aliphatic carboxylic acids is 1. The van der Waals surface area contributed by atoms with Crippen LogP contribution in [0.15, 0.2) is 12.2 Å². The molecule has 0 saturated heterocycles. The van der Waals surface area contributed by atoms with Gasteiger partial charge in [0, 0.05) is 6.92 Å². The molecule has 4 nitrogen and oxygen atoms in total. The lowest BCUT2D eigenvalue weighted by molar-refractivity contribution is -0.164. The Hall–Kier alpha value is -1.32. The fourth-order valence-electron chi connectivity index (χ4n) is 5.74. The fourth-order valence-corrected chi connectivity index (χ4v) is 5.74. The zero-order valence-corrected chi connectivity index (χ0v) is 17.0. The smallest absolute Gasteiger partial charge is 0.309 e. The van der Waals surface area contributed by atoms with Crippen molar-refractivity contribution >= 4 is 11.9 Å². The molecule has 0 bridgehead atoms. The number of carbonyl (C=O) groups is 2. The Morgan fingerprint density at radius 1 is 1.31 bits per heavy atom. The monoisotopic (exact) mass is 364 g/mol. The summed E-state index contributed by atoms with van der Waals surface area (Å²) in [6, 6.07) is 0. The zero-order chi connectivity index (χ0) is 19.5. The van der Waals surface area contributed by atoms with Gasteiger partial charge < -0.3 is 9.84 Å². The molecule has 0 unspecified atom stereocenters. The molecule has 0 aromatic heterocycles. The maximum Gasteiger partial charge on any atom is 0.309 e. The van der Waals surface area contributed by atoms with Gasteiger partial charge in [-0.25, -0.2) is 0 Å². The first-order chi connectivity index (χ1) is 12.1. The highest BCUT2D eigenvalue weighted by Crippen LogP contribution is 2.62. The molecule has 0 heterocycles. The molecule has 148 valence electrons. The third-order valence-corrected chi connectivity index (χ3v) is 7.37. The van der Waals surface area contributed by atoms with Crippen molar-refractivity contribution in [3.8, 4) is 0 Å². The number of carboxylic acids is 1. The second kappa shape index (κ2) is 8.14. The van der Waals surface area contributed by atoms with Crippen LogP contribution in [0.3, 0.4) is 0 Å². The molecular formula is C22H36O4. The topological polar surface area (TPSA) is 63.6 Å². The molecule has 0 amide bonds. The van der Waals surface area contributed by atoms with E-state index in [0.29, 0.717) is 18.4 Å². The van der Waals surface area contributed by atoms with E-state index in [4.69, 9.17) is 4.74 Å². The van der Waals surface area contributed by atoms with Gasteiger partial charge in [-0.1, -0.05) is 32.4 Å². The number of fused-ring (bicyclic) bond motifs is 1. The van der Waals surface area contributed by atoms with Gasteiger partial charge >= 0.3 is 11.9 Å². The quantitative estimate of drug-likeness (QED) is 0.497. The van der Waals surface area contributed by atoms with Crippen molar-refractivity contribution in [2.45, 2.75) is 79.1 Å². The van der Waals surface area contributed by atoms with Crippen LogP contribution in [0.4, 0.5) is 0 Å². The number of esters is 1. The summed E-state index contributed by atoms with van der Waals surface area (Å²) in [5.74, 6) is 0.267. The van der Waals surface area contributed by atoms with Crippen molar-refractivity contribution < 1.29 is 19.4 Å². The Balaban J connectivity index is 2.06. The number of carboxylic acid groups (broad SMARTS) is 1. The van der Waals surface area contributed by atoms with Gasteiger partial charge in [-0.2, -0.15) is 0 Å². The summed E-state index contributed by atoms with van der Waals surface area (Å²) < 4.78 is 5.06. The van der Waals surface area contributed by atoms with Crippen LogP contribution in [0.5, 0.6) is 0 Å². The molecule has 26 heavy (non-hydrogen) atoms. The normalized spacial score (nSPS) is 35.5. The second-order valence-electron chi connectivity index (χ2n) is 9.20. The van der Waals surface area contributed by atoms with Gasteiger partial charge in [0.05, 0.1) is 12.0 Å². The van der Waals surface area contributed by atoms with E-state index in [1.165, 1.54) is 12.5 Å². The minimum atomic E-state index is -0.630. The van der Waals surface area contributed by atoms with Crippen LogP contribution < -0.4 is 0 Å². The summed E-state index contributed by atoms with van der Waals surface area (Å²) >= 11 is 0. The number of rotatable bonds is 7. The first-order valence-electron chi connectivity index (χ1n) is 10.2. The zero-order valence-electron chi connectivity index (χ0n) is 17.0. The standard InChI is InChI=1S/C22H36O4/c1-15(11-14-26-17(3)23)7-9-18-16(2)8-10-19-21(18,4)12-6-13-22(19,5)20(24)25/h15,18-19H,2,6-14H2,1,3-5H3,(H,24,25)/t15-,18+,19-,21-,22+/m1/s1. The van der Waals surface area contributed by atoms with E-state index in [1.807, 2.05) is 6.92 Å². The number of hydrogen-bond donors (Lipinski definition) is 1. The van der Waals surface area contributed by atoms with Crippen LogP contribution in [0.2, 0.25) is 0 Å². The molecule has 2 aliphatic rings. The Morgan fingerprint density at radius 3 is 2.62 bits per heavy atom. The van der Waals surface area contributed by atoms with E-state index in [1.54, 1.807) is 0 Å². The molecule has 0 aliphatic heterocycles. The van der Waals surface area contributed by atoms with Crippen LogP contribution in [0.25, 0.3) is 0 Å². The number of carbonyl (C=O) groups excluding carboxylic acids is 1. The van der Waals surface area contributed by atoms with Gasteiger partial charge in [-0.05, 0) is 75.0 Å². The van der Waals surface area contributed by atoms with Crippen molar-refractivity contribution in [1.82, 2.24) is 0 Å². The lowest BCUT2D eigenvalue weighted by atomic mass is 9.46. The van der Waals surface area contributed by atoms with E-state index in [0.717, 1.165) is 51.4 Å². The summed E-state index contributed by atoms with van der Waals surface area (Å²) in [5.41, 5.74) is 0.744. The maximum atomic E-state index is 12.0. The molecule has 0 radical (unpaired) electrons. The fraction of sp³-hybridized carbons (Fsp3) is 0.818. The molecule has 2 saturated carbocycles. The van der Waals surface area contributed by atoms with Gasteiger partial charge in [0.25, 0.3) is 0 Å². The van der Waals surface area contributed by atoms with Crippen LogP contribution >= 0.6 is 0 Å². The summed E-state index contributed by atoms with van der Waals surface area (Å²) in [5, 5.41) is 9.90. The highest BCUT2D eigenvalue weighted by Gasteiger charge is 2.57. The van der Waals surface area contributed by atoms with E-state index < -0.39 is 11.4 Å². The lowest BCUT2D eigenvalue weighted by Crippen LogP contribution is -2.53. The molecule has 1 N–H and O–H groups in total. The second-order valence-corrected chi connectivity index (χ2v) is 9.20. The molecular weight excluding hydrogens is 328 g/mol. The molecule has 0 aromatic rings. The summed E-state index contributed by atoms with van der Waals surface area (Å²) in [6.45, 7) is 12.8. The molecule has 5 atom stereocenters. The summed E-state index contributed by atoms with van der Waals surface area (Å²) in [7, 11) is 0. The van der Waals surface area contributed by atoms with Gasteiger partial charge in [-0.3, -0.25) is 9.59 Å². The average molecular weight is 365 g/mol. The summed E-state index contributed by atoms with van der Waals surface area (Å²) in [4.78, 5) is 22.9. The van der Waals surface area contributed by atoms with Gasteiger partial charge in [0.15, 0.2) is 0 Å². The predicted octanol–water partition coefficient (Wildman–Crippen LogP) is 5.22. The van der Waals surface area contributed by atoms with Gasteiger partial charge in [-0.15, -0.1) is 0 Å². The van der Waals surface area contributed by atoms with Gasteiger partial charge in [0.1, 0.15) is 0 Å². The predicted molar refractivity (Wildman–Crippen MR) is 103 cm³/mol. The Labute approximate surface area is 158 Å². The first-order valence-corrected chi connectivity index (χ1v) is 10.2. The van der Waals surface area contributed by atoms with Crippen molar-refractivity contribution in [1.29, 1.82) is 0 Å². The largest absolute Gasteiger partial charge is 0.481 e. The third kappa shape index (κ3) is 4.15. The van der Waals surface area contributed by atoms with Crippen molar-refractivity contribution in [2.75, 3.05) is 6.61 Å². The average Bonchev–Trinajstić information content (AvgIpc) is 2.53. The van der Waals surface area contributed by atoms with E-state index in [2.05, 4.69) is 20.4 Å². The third-order valence-electron chi connectivity index (χ3n) is 7.37. The Bertz CT molecular complexity index is 554. The van der Waals surface area contributed by atoms with Crippen molar-refractivity contribution in [2.24, 2.45) is 28.6 Å². The maximum absolute atomic E-state index is 12.0. The number of ether oxygens (including phenoxy) is 1. The van der Waals surface area contributed by atoms with E-state index in [9.17, 15) is 14.7 Å². The van der Waals surface area contributed by atoms with Crippen LogP contribution in [-0.2, 0) is 14.3 Å². The van der Waals surface area contributed by atoms with E-state index >= 15 is 0 Å². The molecule has 0 aromatic carbocycles. The minimum absolute atomic E-state index is 0.0380. The highest BCUT2D eigenvalue weighted by molar-refractivity contribution is 5.75. The van der Waals surface area contributed by atoms with Crippen LogP contribution in [0.1, 0.15) is 79.1 Å². The molecule has 2 fully saturated rings. The highest BCUT2D eigenvalue weighted by atomic mass is 16.5. The Morgan fingerprint density at radius 2 is 2.00 bits per heavy atom. The van der Waals surface area contributed by atoms with Crippen molar-refractivity contribution in [3.63, 3.8) is 0 Å². The van der Waals surface area contributed by atoms with Crippen LogP contribution in [0, 0.1) is 28.6 Å².